The van der Waals surface area contributed by atoms with Crippen molar-refractivity contribution in [3.63, 3.8) is 0 Å². The van der Waals surface area contributed by atoms with E-state index in [0.29, 0.717) is 22.6 Å². The Morgan fingerprint density at radius 1 is 1.28 bits per heavy atom. The van der Waals surface area contributed by atoms with E-state index >= 15 is 0 Å². The van der Waals surface area contributed by atoms with E-state index in [0.717, 1.165) is 30.0 Å². The molecule has 0 aromatic carbocycles. The molecular formula is C23H24F2N6O. The number of anilines is 1. The van der Waals surface area contributed by atoms with Gasteiger partial charge in [-0.1, -0.05) is 6.92 Å². The van der Waals surface area contributed by atoms with Crippen LogP contribution in [0.15, 0.2) is 12.3 Å². The third kappa shape index (κ3) is 2.45. The number of carbonyl (C=O) groups is 1. The lowest BCUT2D eigenvalue weighted by Crippen LogP contribution is -2.33. The van der Waals surface area contributed by atoms with E-state index in [9.17, 15) is 13.6 Å². The van der Waals surface area contributed by atoms with Crippen LogP contribution in [0.5, 0.6) is 0 Å². The Bertz CT molecular complexity index is 1280. The molecule has 3 fully saturated rings. The molecule has 1 unspecified atom stereocenters. The topological polar surface area (TPSA) is 90.6 Å². The zero-order valence-electron chi connectivity index (χ0n) is 18.0. The molecule has 0 saturated heterocycles. The van der Waals surface area contributed by atoms with Crippen LogP contribution in [-0.4, -0.2) is 44.0 Å². The minimum atomic E-state index is -2.56. The van der Waals surface area contributed by atoms with Crippen LogP contribution in [0.25, 0.3) is 22.7 Å². The van der Waals surface area contributed by atoms with Crippen molar-refractivity contribution in [3.8, 4) is 11.5 Å². The van der Waals surface area contributed by atoms with Gasteiger partial charge in [0.2, 0.25) is 5.91 Å². The second kappa shape index (κ2) is 5.74. The van der Waals surface area contributed by atoms with E-state index in [1.807, 2.05) is 6.07 Å². The molecule has 2 N–H and O–H groups in total. The van der Waals surface area contributed by atoms with Crippen LogP contribution in [0.1, 0.15) is 37.4 Å². The van der Waals surface area contributed by atoms with Crippen molar-refractivity contribution in [2.24, 2.45) is 29.1 Å². The molecule has 166 valence electrons. The number of nitrogens with zero attached hydrogens (tertiary/aromatic N) is 4. The Morgan fingerprint density at radius 3 is 2.84 bits per heavy atom. The fourth-order valence-electron chi connectivity index (χ4n) is 6.25. The van der Waals surface area contributed by atoms with Crippen molar-refractivity contribution in [2.45, 2.75) is 45.0 Å². The Morgan fingerprint density at radius 2 is 2.06 bits per heavy atom. The van der Waals surface area contributed by atoms with Crippen molar-refractivity contribution in [2.75, 3.05) is 11.9 Å². The third-order valence-corrected chi connectivity index (χ3v) is 8.58. The molecule has 4 aliphatic rings. The van der Waals surface area contributed by atoms with Gasteiger partial charge in [-0.05, 0) is 49.5 Å². The lowest BCUT2D eigenvalue weighted by atomic mass is 9.88. The summed E-state index contributed by atoms with van der Waals surface area (Å²) in [4.78, 5) is 26.8. The summed E-state index contributed by atoms with van der Waals surface area (Å²) in [6, 6.07) is 1.85. The fraction of sp³-hybridized carbons (Fsp3) is 0.565. The first-order valence-corrected chi connectivity index (χ1v) is 11.3. The molecule has 0 radical (unpaired) electrons. The summed E-state index contributed by atoms with van der Waals surface area (Å²) in [6.07, 6.45) is 5.48. The number of H-pyrrole nitrogens is 2. The Balaban J connectivity index is 1.15. The van der Waals surface area contributed by atoms with Crippen LogP contribution in [-0.2, 0) is 17.6 Å². The summed E-state index contributed by atoms with van der Waals surface area (Å²) in [5.74, 6) is -2.86. The zero-order valence-corrected chi connectivity index (χ0v) is 18.0. The van der Waals surface area contributed by atoms with Gasteiger partial charge >= 0.3 is 0 Å². The van der Waals surface area contributed by atoms with E-state index in [2.05, 4.69) is 32.1 Å². The molecule has 3 saturated carbocycles. The zero-order chi connectivity index (χ0) is 22.0. The predicted molar refractivity (Wildman–Crippen MR) is 113 cm³/mol. The molecule has 0 aliphatic heterocycles. The van der Waals surface area contributed by atoms with E-state index in [1.165, 1.54) is 22.6 Å². The van der Waals surface area contributed by atoms with Crippen LogP contribution >= 0.6 is 0 Å². The number of rotatable bonds is 3. The average Bonchev–Trinajstić information content (AvgIpc) is 3.27. The Hall–Kier alpha value is -2.84. The van der Waals surface area contributed by atoms with E-state index < -0.39 is 17.8 Å². The normalized spacial score (nSPS) is 33.5. The van der Waals surface area contributed by atoms with Crippen molar-refractivity contribution < 1.29 is 13.6 Å². The summed E-state index contributed by atoms with van der Waals surface area (Å²) >= 11 is 0. The first kappa shape index (κ1) is 18.7. The highest BCUT2D eigenvalue weighted by Crippen LogP contribution is 2.66. The van der Waals surface area contributed by atoms with Gasteiger partial charge in [-0.25, -0.2) is 18.7 Å². The molecule has 3 aromatic rings. The maximum absolute atomic E-state index is 13.5. The molecule has 0 bridgehead atoms. The van der Waals surface area contributed by atoms with Gasteiger partial charge in [-0.3, -0.25) is 9.89 Å². The van der Waals surface area contributed by atoms with Crippen molar-refractivity contribution in [3.05, 3.63) is 23.5 Å². The molecular weight excluding hydrogens is 414 g/mol. The van der Waals surface area contributed by atoms with Crippen LogP contribution in [0.3, 0.4) is 0 Å². The quantitative estimate of drug-likeness (QED) is 0.652. The Labute approximate surface area is 183 Å². The van der Waals surface area contributed by atoms with E-state index in [-0.39, 0.29) is 24.7 Å². The van der Waals surface area contributed by atoms with Crippen molar-refractivity contribution >= 4 is 22.8 Å². The summed E-state index contributed by atoms with van der Waals surface area (Å²) in [5.41, 5.74) is 5.64. The van der Waals surface area contributed by atoms with Gasteiger partial charge in [0.25, 0.3) is 5.92 Å². The highest BCUT2D eigenvalue weighted by Gasteiger charge is 2.72. The maximum atomic E-state index is 13.5. The van der Waals surface area contributed by atoms with Gasteiger partial charge in [0.05, 0.1) is 17.4 Å². The molecule has 7 nitrogen and oxygen atoms in total. The lowest BCUT2D eigenvalue weighted by molar-refractivity contribution is -0.122. The number of aromatic nitrogens is 5. The minimum Gasteiger partial charge on any atom is -0.335 e. The number of alkyl halides is 2. The number of imidazole rings is 1. The fourth-order valence-corrected chi connectivity index (χ4v) is 6.25. The average molecular weight is 438 g/mol. The number of aromatic amines is 2. The summed E-state index contributed by atoms with van der Waals surface area (Å²) in [6.45, 7) is 2.34. The number of pyridine rings is 1. The second-order valence-corrected chi connectivity index (χ2v) is 10.6. The number of fused-ring (bicyclic) bond motifs is 4. The third-order valence-electron chi connectivity index (χ3n) is 8.58. The second-order valence-electron chi connectivity index (χ2n) is 10.6. The summed E-state index contributed by atoms with van der Waals surface area (Å²) in [7, 11) is 1.68. The van der Waals surface area contributed by atoms with E-state index in [4.69, 9.17) is 0 Å². The molecule has 3 heterocycles. The molecule has 4 aliphatic carbocycles. The predicted octanol–water partition coefficient (Wildman–Crippen LogP) is 3.73. The first-order valence-electron chi connectivity index (χ1n) is 11.3. The Kier molecular flexibility index (Phi) is 3.35. The smallest absolute Gasteiger partial charge is 0.254 e. The van der Waals surface area contributed by atoms with Gasteiger partial charge in [0.15, 0.2) is 11.5 Å². The SMILES string of the molecule is CN(C(=O)C1C[C@@H]2[C@H](C1)C2(F)F)c1cnc2nc(-c3n[nH]c4c3C[C@@H]3C[C@]3(C)C4)[nH]c2c1. The number of nitrogens with one attached hydrogen (secondary N) is 2. The van der Waals surface area contributed by atoms with Gasteiger partial charge < -0.3 is 9.88 Å². The van der Waals surface area contributed by atoms with Crippen molar-refractivity contribution in [1.29, 1.82) is 0 Å². The van der Waals surface area contributed by atoms with Gasteiger partial charge in [0.1, 0.15) is 5.69 Å². The van der Waals surface area contributed by atoms with E-state index in [1.54, 1.807) is 13.2 Å². The number of carbonyl (C=O) groups excluding carboxylic acids is 1. The number of hydrogen-bond acceptors (Lipinski definition) is 4. The molecule has 9 heteroatoms. The lowest BCUT2D eigenvalue weighted by Gasteiger charge is -2.22. The van der Waals surface area contributed by atoms with Gasteiger partial charge in [0, 0.05) is 36.1 Å². The van der Waals surface area contributed by atoms with Crippen LogP contribution in [0.4, 0.5) is 14.5 Å². The van der Waals surface area contributed by atoms with Gasteiger partial charge in [-0.2, -0.15) is 5.10 Å². The highest BCUT2D eigenvalue weighted by atomic mass is 19.3. The molecule has 5 atom stereocenters. The molecule has 0 spiro atoms. The highest BCUT2D eigenvalue weighted by molar-refractivity contribution is 5.96. The first-order chi connectivity index (χ1) is 15.2. The summed E-state index contributed by atoms with van der Waals surface area (Å²) in [5, 5.41) is 7.74. The van der Waals surface area contributed by atoms with Crippen LogP contribution < -0.4 is 4.90 Å². The number of halogens is 2. The minimum absolute atomic E-state index is 0.122. The van der Waals surface area contributed by atoms with Crippen LogP contribution in [0, 0.1) is 29.1 Å². The number of amides is 1. The molecule has 7 rings (SSSR count). The number of hydrogen-bond donors (Lipinski definition) is 2. The monoisotopic (exact) mass is 438 g/mol. The standard InChI is InChI=1S/C23H24F2N6O/c1-22-7-11(22)5-13-17(8-22)29-30-18(13)20-27-16-6-12(9-26-19(16)28-20)31(2)21(32)10-3-14-15(4-10)23(14,24)25/h6,9-11,14-15H,3-5,7-8H2,1-2H3,(H,29,30)(H,26,27,28)/t10?,11-,14-,15+,22-/m1/s1. The van der Waals surface area contributed by atoms with Crippen LogP contribution in [0.2, 0.25) is 0 Å². The maximum Gasteiger partial charge on any atom is 0.254 e. The van der Waals surface area contributed by atoms with Gasteiger partial charge in [-0.15, -0.1) is 0 Å². The molecule has 3 aromatic heterocycles. The largest absolute Gasteiger partial charge is 0.335 e. The molecule has 32 heavy (non-hydrogen) atoms. The summed E-state index contributed by atoms with van der Waals surface area (Å²) < 4.78 is 27.0. The van der Waals surface area contributed by atoms with Crippen molar-refractivity contribution in [1.82, 2.24) is 25.1 Å². The molecule has 1 amide bonds.